The summed E-state index contributed by atoms with van der Waals surface area (Å²) >= 11 is 10.7. The maximum Gasteiger partial charge on any atom is 0.253 e. The van der Waals surface area contributed by atoms with Crippen LogP contribution in [0.25, 0.3) is 5.69 Å². The van der Waals surface area contributed by atoms with Gasteiger partial charge in [-0.15, -0.1) is 10.2 Å². The zero-order valence-corrected chi connectivity index (χ0v) is 22.5. The number of hydrogen-bond acceptors (Lipinski definition) is 6. The first-order valence-corrected chi connectivity index (χ1v) is 13.0. The molecule has 4 aromatic rings. The van der Waals surface area contributed by atoms with Crippen LogP contribution in [0.2, 0.25) is 5.02 Å². The van der Waals surface area contributed by atoms with Crippen molar-refractivity contribution in [1.29, 1.82) is 0 Å². The first-order valence-electron chi connectivity index (χ1n) is 10.8. The van der Waals surface area contributed by atoms with Crippen LogP contribution in [0.4, 0.5) is 10.1 Å². The van der Waals surface area contributed by atoms with Crippen molar-refractivity contribution in [3.63, 3.8) is 0 Å². The number of ether oxygens (including phenoxy) is 1. The van der Waals surface area contributed by atoms with E-state index in [9.17, 15) is 14.0 Å². The summed E-state index contributed by atoms with van der Waals surface area (Å²) in [4.78, 5) is 25.3. The average Bonchev–Trinajstić information content (AvgIpc) is 3.31. The molecule has 8 nitrogen and oxygen atoms in total. The Bertz CT molecular complexity index is 1420. The predicted octanol–water partition coefficient (Wildman–Crippen LogP) is 5.49. The Morgan fingerprint density at radius 3 is 2.51 bits per heavy atom. The molecule has 0 aliphatic carbocycles. The van der Waals surface area contributed by atoms with Crippen molar-refractivity contribution >= 4 is 56.8 Å². The molecule has 0 unspecified atom stereocenters. The van der Waals surface area contributed by atoms with E-state index in [2.05, 4.69) is 36.8 Å². The lowest BCUT2D eigenvalue weighted by atomic mass is 10.2. The molecule has 0 aliphatic rings. The molecule has 0 bridgehead atoms. The lowest BCUT2D eigenvalue weighted by Gasteiger charge is -2.12. The molecule has 0 spiro atoms. The molecular weight excluding hydrogens is 585 g/mol. The second-order valence-electron chi connectivity index (χ2n) is 7.58. The quantitative estimate of drug-likeness (QED) is 0.245. The smallest absolute Gasteiger partial charge is 0.253 e. The number of thioether (sulfide) groups is 1. The van der Waals surface area contributed by atoms with Gasteiger partial charge in [-0.25, -0.2) is 4.39 Å². The Morgan fingerprint density at radius 2 is 1.81 bits per heavy atom. The number of carbonyl (C=O) groups is 2. The Labute approximate surface area is 229 Å². The number of hydrogen-bond donors (Lipinski definition) is 2. The van der Waals surface area contributed by atoms with E-state index >= 15 is 0 Å². The molecule has 4 rings (SSSR count). The Hall–Kier alpha value is -3.41. The summed E-state index contributed by atoms with van der Waals surface area (Å²) in [5.41, 5.74) is 1.50. The van der Waals surface area contributed by atoms with Gasteiger partial charge in [-0.3, -0.25) is 14.2 Å². The largest absolute Gasteiger partial charge is 0.497 e. The van der Waals surface area contributed by atoms with Gasteiger partial charge in [0.25, 0.3) is 5.91 Å². The van der Waals surface area contributed by atoms with E-state index in [-0.39, 0.29) is 18.2 Å². The fraction of sp³-hybridized carbons (Fsp3) is 0.120. The van der Waals surface area contributed by atoms with Crippen LogP contribution in [0.1, 0.15) is 16.2 Å². The van der Waals surface area contributed by atoms with Crippen LogP contribution in [0.15, 0.2) is 76.4 Å². The summed E-state index contributed by atoms with van der Waals surface area (Å²) in [7, 11) is 1.57. The topological polar surface area (TPSA) is 98.1 Å². The molecule has 190 valence electrons. The van der Waals surface area contributed by atoms with Crippen molar-refractivity contribution in [2.24, 2.45) is 0 Å². The number of nitrogens with zero attached hydrogens (tertiary/aromatic N) is 3. The molecule has 0 aliphatic heterocycles. The van der Waals surface area contributed by atoms with Gasteiger partial charge < -0.3 is 15.4 Å². The highest BCUT2D eigenvalue weighted by molar-refractivity contribution is 9.10. The fourth-order valence-electron chi connectivity index (χ4n) is 3.29. The van der Waals surface area contributed by atoms with E-state index in [1.807, 2.05) is 0 Å². The van der Waals surface area contributed by atoms with Gasteiger partial charge in [0.2, 0.25) is 5.91 Å². The average molecular weight is 605 g/mol. The summed E-state index contributed by atoms with van der Waals surface area (Å²) in [5.74, 6) is 0.0801. The van der Waals surface area contributed by atoms with Crippen molar-refractivity contribution in [3.8, 4) is 11.4 Å². The van der Waals surface area contributed by atoms with Gasteiger partial charge in [-0.2, -0.15) is 0 Å². The minimum Gasteiger partial charge on any atom is -0.497 e. The molecule has 3 aromatic carbocycles. The second kappa shape index (κ2) is 12.2. The lowest BCUT2D eigenvalue weighted by Crippen LogP contribution is -2.25. The van der Waals surface area contributed by atoms with E-state index in [4.69, 9.17) is 16.3 Å². The molecule has 0 radical (unpaired) electrons. The molecule has 2 N–H and O–H groups in total. The molecule has 2 amide bonds. The molecule has 1 heterocycles. The summed E-state index contributed by atoms with van der Waals surface area (Å²) in [6.07, 6.45) is 0. The van der Waals surface area contributed by atoms with Crippen molar-refractivity contribution in [1.82, 2.24) is 20.1 Å². The molecule has 12 heteroatoms. The maximum absolute atomic E-state index is 13.6. The van der Waals surface area contributed by atoms with Crippen LogP contribution in [0, 0.1) is 5.82 Å². The summed E-state index contributed by atoms with van der Waals surface area (Å²) < 4.78 is 21.1. The zero-order valence-electron chi connectivity index (χ0n) is 19.4. The second-order valence-corrected chi connectivity index (χ2v) is 9.85. The number of benzene rings is 3. The third-order valence-electron chi connectivity index (χ3n) is 5.07. The van der Waals surface area contributed by atoms with E-state index in [0.717, 1.165) is 11.8 Å². The van der Waals surface area contributed by atoms with Crippen molar-refractivity contribution < 1.29 is 18.7 Å². The third-order valence-corrected chi connectivity index (χ3v) is 6.82. The molecule has 0 saturated carbocycles. The standard InChI is InChI=1S/C25H20BrClFN5O3S/c1-36-19-9-5-17(6-10-19)30-23(34)14-37-25-32-31-22(33(25)18-7-3-16(28)4-8-18)13-29-24(35)20-12-15(26)2-11-21(20)27/h2-12H,13-14H2,1H3,(H,29,35)(H,30,34). The first kappa shape index (κ1) is 26.6. The number of aromatic nitrogens is 3. The SMILES string of the molecule is COc1ccc(NC(=O)CSc2nnc(CNC(=O)c3cc(Br)ccc3Cl)n2-c2ccc(F)cc2)cc1. The third kappa shape index (κ3) is 6.88. The molecule has 0 fully saturated rings. The Balaban J connectivity index is 1.49. The number of anilines is 1. The lowest BCUT2D eigenvalue weighted by molar-refractivity contribution is -0.113. The van der Waals surface area contributed by atoms with E-state index in [1.54, 1.807) is 66.3 Å². The monoisotopic (exact) mass is 603 g/mol. The normalized spacial score (nSPS) is 10.7. The van der Waals surface area contributed by atoms with Gasteiger partial charge in [0.05, 0.1) is 30.0 Å². The van der Waals surface area contributed by atoms with Crippen LogP contribution < -0.4 is 15.4 Å². The number of nitrogens with one attached hydrogen (secondary N) is 2. The van der Waals surface area contributed by atoms with Crippen LogP contribution in [-0.2, 0) is 11.3 Å². The number of carbonyl (C=O) groups excluding carboxylic acids is 2. The molecular formula is C25H20BrClFN5O3S. The van der Waals surface area contributed by atoms with Crippen molar-refractivity contribution in [3.05, 3.63) is 93.4 Å². The Kier molecular flexibility index (Phi) is 8.80. The van der Waals surface area contributed by atoms with Crippen LogP contribution in [0.5, 0.6) is 5.75 Å². The number of methoxy groups -OCH3 is 1. The number of halogens is 3. The van der Waals surface area contributed by atoms with Gasteiger partial charge in [0, 0.05) is 15.8 Å². The van der Waals surface area contributed by atoms with Gasteiger partial charge in [-0.1, -0.05) is 39.3 Å². The fourth-order valence-corrected chi connectivity index (χ4v) is 4.62. The van der Waals surface area contributed by atoms with Gasteiger partial charge in [0.15, 0.2) is 11.0 Å². The van der Waals surface area contributed by atoms with E-state index < -0.39 is 11.7 Å². The van der Waals surface area contributed by atoms with E-state index in [0.29, 0.717) is 43.2 Å². The highest BCUT2D eigenvalue weighted by Gasteiger charge is 2.18. The minimum absolute atomic E-state index is 0.0185. The van der Waals surface area contributed by atoms with Crippen LogP contribution in [0.3, 0.4) is 0 Å². The summed E-state index contributed by atoms with van der Waals surface area (Å²) in [5, 5.41) is 14.7. The van der Waals surface area contributed by atoms with Crippen molar-refractivity contribution in [2.75, 3.05) is 18.2 Å². The summed E-state index contributed by atoms with van der Waals surface area (Å²) in [6.45, 7) is 0.0185. The molecule has 37 heavy (non-hydrogen) atoms. The minimum atomic E-state index is -0.399. The highest BCUT2D eigenvalue weighted by atomic mass is 79.9. The van der Waals surface area contributed by atoms with Crippen molar-refractivity contribution in [2.45, 2.75) is 11.7 Å². The van der Waals surface area contributed by atoms with Gasteiger partial charge in [-0.05, 0) is 66.7 Å². The number of amides is 2. The predicted molar refractivity (Wildman–Crippen MR) is 144 cm³/mol. The zero-order chi connectivity index (χ0) is 26.4. The van der Waals surface area contributed by atoms with E-state index in [1.165, 1.54) is 12.1 Å². The number of rotatable bonds is 9. The Morgan fingerprint density at radius 1 is 1.08 bits per heavy atom. The van der Waals surface area contributed by atoms with Gasteiger partial charge >= 0.3 is 0 Å². The highest BCUT2D eigenvalue weighted by Crippen LogP contribution is 2.24. The summed E-state index contributed by atoms with van der Waals surface area (Å²) in [6, 6.07) is 17.7. The van der Waals surface area contributed by atoms with Crippen LogP contribution in [-0.4, -0.2) is 39.4 Å². The van der Waals surface area contributed by atoms with Gasteiger partial charge in [0.1, 0.15) is 11.6 Å². The molecule has 0 saturated heterocycles. The first-order chi connectivity index (χ1) is 17.8. The maximum atomic E-state index is 13.6. The molecule has 0 atom stereocenters. The molecule has 1 aromatic heterocycles. The van der Waals surface area contributed by atoms with Crippen LogP contribution >= 0.6 is 39.3 Å².